The smallest absolute Gasteiger partial charge is 0.353 e. The Morgan fingerprint density at radius 1 is 0.515 bits per heavy atom. The normalized spacial score (nSPS) is 13.3. The lowest BCUT2D eigenvalue weighted by molar-refractivity contribution is -0.182. The molecule has 0 aliphatic rings. The number of carbonyl (C=O) groups excluding carboxylic acids is 3. The average Bonchev–Trinajstić information content (AvgIpc) is 2.87. The minimum absolute atomic E-state index is 0.385. The van der Waals surface area contributed by atoms with E-state index in [0.29, 0.717) is 16.7 Å². The fraction of sp³-hybridized carbons (Fsp3) is 0.192. The van der Waals surface area contributed by atoms with Gasteiger partial charge in [-0.2, -0.15) is 0 Å². The molecule has 0 N–H and O–H groups in total. The average molecular weight is 448 g/mol. The second-order valence-electron chi connectivity index (χ2n) is 7.00. The molecule has 0 aliphatic carbocycles. The molecule has 0 fully saturated rings. The molecule has 7 nitrogen and oxygen atoms in total. The molecule has 3 rings (SSSR count). The Balaban J connectivity index is 1.88. The van der Waals surface area contributed by atoms with Crippen LogP contribution in [0.25, 0.3) is 0 Å². The maximum Gasteiger partial charge on any atom is 0.353 e. The number of benzene rings is 3. The third-order valence-electron chi connectivity index (χ3n) is 4.85. The summed E-state index contributed by atoms with van der Waals surface area (Å²) in [6.07, 6.45) is -3.78. The summed E-state index contributed by atoms with van der Waals surface area (Å²) in [5.41, 5.74) is 1.38. The molecule has 0 aliphatic heterocycles. The van der Waals surface area contributed by atoms with Gasteiger partial charge in [-0.15, -0.1) is 0 Å². The van der Waals surface area contributed by atoms with E-state index in [1.165, 1.54) is 14.2 Å². The van der Waals surface area contributed by atoms with Gasteiger partial charge in [0.05, 0.1) is 7.11 Å². The van der Waals surface area contributed by atoms with Crippen molar-refractivity contribution in [2.45, 2.75) is 18.3 Å². The molecule has 0 bridgehead atoms. The number of ether oxygens (including phenoxy) is 4. The standard InChI is InChI=1S/C26H24O7/c1-30-21(18-12-6-3-7-13-18)25(28)33-23(20-16-10-5-11-17-20)26(29)32-22(24(27)31-2)19-14-8-4-9-15-19/h3-17,21-23H,1-2H3/t21-,22-,23+/m0/s1. The third-order valence-corrected chi connectivity index (χ3v) is 4.85. The molecule has 170 valence electrons. The maximum atomic E-state index is 13.2. The molecule has 0 radical (unpaired) electrons. The van der Waals surface area contributed by atoms with Crippen molar-refractivity contribution in [3.05, 3.63) is 108 Å². The highest BCUT2D eigenvalue weighted by molar-refractivity contribution is 5.86. The van der Waals surface area contributed by atoms with Crippen molar-refractivity contribution in [3.63, 3.8) is 0 Å². The summed E-state index contributed by atoms with van der Waals surface area (Å²) in [6.45, 7) is 0. The van der Waals surface area contributed by atoms with Crippen LogP contribution in [0.5, 0.6) is 0 Å². The molecule has 7 heteroatoms. The summed E-state index contributed by atoms with van der Waals surface area (Å²) >= 11 is 0. The fourth-order valence-corrected chi connectivity index (χ4v) is 3.22. The summed E-state index contributed by atoms with van der Waals surface area (Å²) in [4.78, 5) is 38.5. The zero-order valence-corrected chi connectivity index (χ0v) is 18.3. The minimum Gasteiger partial charge on any atom is -0.466 e. The van der Waals surface area contributed by atoms with Gasteiger partial charge >= 0.3 is 17.9 Å². The lowest BCUT2D eigenvalue weighted by Gasteiger charge is -2.23. The van der Waals surface area contributed by atoms with Gasteiger partial charge in [0.25, 0.3) is 0 Å². The Bertz CT molecular complexity index is 1050. The van der Waals surface area contributed by atoms with Gasteiger partial charge in [-0.3, -0.25) is 0 Å². The van der Waals surface area contributed by atoms with Crippen molar-refractivity contribution in [1.82, 2.24) is 0 Å². The molecule has 3 aromatic carbocycles. The molecule has 0 heterocycles. The quantitative estimate of drug-likeness (QED) is 0.359. The van der Waals surface area contributed by atoms with Crippen LogP contribution in [0.15, 0.2) is 91.0 Å². The molecule has 0 saturated heterocycles. The van der Waals surface area contributed by atoms with E-state index < -0.39 is 36.2 Å². The fourth-order valence-electron chi connectivity index (χ4n) is 3.22. The summed E-state index contributed by atoms with van der Waals surface area (Å²) in [5.74, 6) is -2.45. The molecule has 3 atom stereocenters. The SMILES string of the molecule is COC(=O)[C@@H](OC(=O)[C@H](OC(=O)[C@@H](OC)c1ccccc1)c1ccccc1)c1ccccc1. The summed E-state index contributed by atoms with van der Waals surface area (Å²) < 4.78 is 21.2. The van der Waals surface area contributed by atoms with E-state index in [0.717, 1.165) is 0 Å². The Morgan fingerprint density at radius 2 is 0.848 bits per heavy atom. The van der Waals surface area contributed by atoms with Gasteiger partial charge in [0.2, 0.25) is 12.2 Å². The first-order valence-corrected chi connectivity index (χ1v) is 10.2. The minimum atomic E-state index is -1.42. The van der Waals surface area contributed by atoms with Crippen LogP contribution in [0, 0.1) is 0 Å². The topological polar surface area (TPSA) is 88.1 Å². The first-order chi connectivity index (χ1) is 16.0. The molecule has 0 amide bonds. The summed E-state index contributed by atoms with van der Waals surface area (Å²) in [7, 11) is 2.57. The maximum absolute atomic E-state index is 13.2. The molecule has 0 aromatic heterocycles. The van der Waals surface area contributed by atoms with Crippen LogP contribution in [0.1, 0.15) is 35.0 Å². The van der Waals surface area contributed by atoms with E-state index in [-0.39, 0.29) is 0 Å². The second kappa shape index (κ2) is 11.6. The Kier molecular flexibility index (Phi) is 8.32. The highest BCUT2D eigenvalue weighted by Gasteiger charge is 2.35. The van der Waals surface area contributed by atoms with Crippen LogP contribution in [0.2, 0.25) is 0 Å². The largest absolute Gasteiger partial charge is 0.466 e. The van der Waals surface area contributed by atoms with Crippen LogP contribution in [0.3, 0.4) is 0 Å². The predicted molar refractivity (Wildman–Crippen MR) is 119 cm³/mol. The van der Waals surface area contributed by atoms with E-state index in [1.54, 1.807) is 84.9 Å². The molecule has 33 heavy (non-hydrogen) atoms. The molecular weight excluding hydrogens is 424 g/mol. The number of carbonyl (C=O) groups is 3. The zero-order chi connectivity index (χ0) is 23.6. The van der Waals surface area contributed by atoms with E-state index in [9.17, 15) is 14.4 Å². The van der Waals surface area contributed by atoms with Gasteiger partial charge in [0, 0.05) is 18.2 Å². The zero-order valence-electron chi connectivity index (χ0n) is 18.3. The molecule has 0 unspecified atom stereocenters. The van der Waals surface area contributed by atoms with Crippen LogP contribution < -0.4 is 0 Å². The van der Waals surface area contributed by atoms with Gasteiger partial charge in [-0.25, -0.2) is 14.4 Å². The summed E-state index contributed by atoms with van der Waals surface area (Å²) in [6, 6.07) is 25.6. The van der Waals surface area contributed by atoms with Crippen LogP contribution >= 0.6 is 0 Å². The number of rotatable bonds is 9. The van der Waals surface area contributed by atoms with Gasteiger partial charge in [-0.05, 0) is 5.56 Å². The number of methoxy groups -OCH3 is 2. The van der Waals surface area contributed by atoms with Crippen molar-refractivity contribution >= 4 is 17.9 Å². The van der Waals surface area contributed by atoms with Gasteiger partial charge in [-0.1, -0.05) is 91.0 Å². The van der Waals surface area contributed by atoms with Crippen molar-refractivity contribution < 1.29 is 33.3 Å². The highest BCUT2D eigenvalue weighted by Crippen LogP contribution is 2.28. The monoisotopic (exact) mass is 448 g/mol. The lowest BCUT2D eigenvalue weighted by atomic mass is 10.1. The Morgan fingerprint density at radius 3 is 1.21 bits per heavy atom. The van der Waals surface area contributed by atoms with Crippen LogP contribution in [-0.4, -0.2) is 32.1 Å². The van der Waals surface area contributed by atoms with Crippen LogP contribution in [0.4, 0.5) is 0 Å². The van der Waals surface area contributed by atoms with Crippen molar-refractivity contribution in [2.24, 2.45) is 0 Å². The predicted octanol–water partition coefficient (Wildman–Crippen LogP) is 4.12. The summed E-state index contributed by atoms with van der Waals surface area (Å²) in [5, 5.41) is 0. The second-order valence-corrected chi connectivity index (χ2v) is 7.00. The van der Waals surface area contributed by atoms with E-state index >= 15 is 0 Å². The molecule has 0 spiro atoms. The Labute approximate surface area is 191 Å². The highest BCUT2D eigenvalue weighted by atomic mass is 16.6. The molecule has 3 aromatic rings. The third kappa shape index (κ3) is 6.05. The van der Waals surface area contributed by atoms with Crippen molar-refractivity contribution in [3.8, 4) is 0 Å². The molecule has 0 saturated carbocycles. The van der Waals surface area contributed by atoms with E-state index in [4.69, 9.17) is 18.9 Å². The van der Waals surface area contributed by atoms with Gasteiger partial charge < -0.3 is 18.9 Å². The van der Waals surface area contributed by atoms with Gasteiger partial charge in [0.15, 0.2) is 6.10 Å². The van der Waals surface area contributed by atoms with E-state index in [1.807, 2.05) is 6.07 Å². The molecular formula is C26H24O7. The van der Waals surface area contributed by atoms with Gasteiger partial charge in [0.1, 0.15) is 0 Å². The van der Waals surface area contributed by atoms with Crippen molar-refractivity contribution in [2.75, 3.05) is 14.2 Å². The Hall–Kier alpha value is -3.97. The first-order valence-electron chi connectivity index (χ1n) is 10.2. The van der Waals surface area contributed by atoms with Crippen LogP contribution in [-0.2, 0) is 33.3 Å². The lowest BCUT2D eigenvalue weighted by Crippen LogP contribution is -2.29. The van der Waals surface area contributed by atoms with Crippen molar-refractivity contribution in [1.29, 1.82) is 0 Å². The number of esters is 3. The first kappa shape index (κ1) is 23.7. The van der Waals surface area contributed by atoms with E-state index in [2.05, 4.69) is 0 Å². The number of hydrogen-bond acceptors (Lipinski definition) is 7. The number of hydrogen-bond donors (Lipinski definition) is 0.